The van der Waals surface area contributed by atoms with E-state index in [-0.39, 0.29) is 64.2 Å². The van der Waals surface area contributed by atoms with Crippen LogP contribution in [0.2, 0.25) is 36.3 Å². The monoisotopic (exact) mass is 726 g/mol. The highest BCUT2D eigenvalue weighted by molar-refractivity contribution is 6.74. The molecule has 50 heavy (non-hydrogen) atoms. The molecule has 2 aliphatic carbocycles. The molecule has 0 aromatic heterocycles. The van der Waals surface area contributed by atoms with Gasteiger partial charge in [-0.1, -0.05) is 85.8 Å². The van der Waals surface area contributed by atoms with Gasteiger partial charge >= 0.3 is 11.9 Å². The quantitative estimate of drug-likeness (QED) is 0.157. The zero-order chi connectivity index (χ0) is 37.2. The van der Waals surface area contributed by atoms with Crippen molar-refractivity contribution in [1.29, 1.82) is 0 Å². The summed E-state index contributed by atoms with van der Waals surface area (Å²) < 4.78 is 32.3. The normalized spacial score (nSPS) is 28.3. The maximum Gasteiger partial charge on any atom is 0.347 e. The Balaban J connectivity index is 1.57. The molecule has 1 aromatic carbocycles. The van der Waals surface area contributed by atoms with Crippen LogP contribution in [0.5, 0.6) is 5.75 Å². The summed E-state index contributed by atoms with van der Waals surface area (Å²) in [5.41, 5.74) is 2.25. The Morgan fingerprint density at radius 1 is 0.980 bits per heavy atom. The second kappa shape index (κ2) is 15.8. The van der Waals surface area contributed by atoms with Gasteiger partial charge < -0.3 is 23.1 Å². The van der Waals surface area contributed by atoms with Crippen LogP contribution in [0.4, 0.5) is 0 Å². The number of rotatable bonds is 12. The predicted molar refractivity (Wildman–Crippen MR) is 206 cm³/mol. The fourth-order valence-electron chi connectivity index (χ4n) is 7.07. The van der Waals surface area contributed by atoms with Crippen molar-refractivity contribution in [2.75, 3.05) is 0 Å². The SMILES string of the molecule is CC[C@H](Oc1cccc(C)c1)C(=O)OC1CC(O[Si](C)(C)C(C)(C)C)C=C2C=CC(C)C(CC[C@@H]3C[C@@H](O[Si](C)(C)C(C)(C)C)CC(=O)O3)C21. The average molecular weight is 727 g/mol. The Bertz CT molecular complexity index is 1400. The van der Waals surface area contributed by atoms with Crippen molar-refractivity contribution >= 4 is 28.6 Å². The fraction of sp³-hybridized carbons (Fsp3) is 0.707. The van der Waals surface area contributed by atoms with E-state index in [4.69, 9.17) is 23.1 Å². The van der Waals surface area contributed by atoms with Crippen molar-refractivity contribution in [2.24, 2.45) is 17.8 Å². The van der Waals surface area contributed by atoms with Crippen LogP contribution in [0.25, 0.3) is 0 Å². The highest BCUT2D eigenvalue weighted by Gasteiger charge is 2.47. The van der Waals surface area contributed by atoms with Gasteiger partial charge in [0.05, 0.1) is 18.6 Å². The lowest BCUT2D eigenvalue weighted by molar-refractivity contribution is -0.164. The highest BCUT2D eigenvalue weighted by atomic mass is 28.4. The minimum atomic E-state index is -2.11. The summed E-state index contributed by atoms with van der Waals surface area (Å²) in [7, 11) is -4.14. The third-order valence-corrected chi connectivity index (χ3v) is 21.1. The first-order valence-electron chi connectivity index (χ1n) is 19.0. The number of carbonyl (C=O) groups is 2. The first kappa shape index (κ1) is 40.6. The van der Waals surface area contributed by atoms with Gasteiger partial charge in [0.2, 0.25) is 0 Å². The molecule has 1 aliphatic heterocycles. The minimum absolute atomic E-state index is 0.00765. The zero-order valence-electron chi connectivity index (χ0n) is 33.3. The van der Waals surface area contributed by atoms with E-state index in [9.17, 15) is 9.59 Å². The molecule has 9 heteroatoms. The number of allylic oxidation sites excluding steroid dienone is 2. The van der Waals surface area contributed by atoms with Crippen LogP contribution in [-0.2, 0) is 27.9 Å². The summed E-state index contributed by atoms with van der Waals surface area (Å²) >= 11 is 0. The highest BCUT2D eigenvalue weighted by Crippen LogP contribution is 2.47. The van der Waals surface area contributed by atoms with Crippen molar-refractivity contribution in [1.82, 2.24) is 0 Å². The largest absolute Gasteiger partial charge is 0.479 e. The van der Waals surface area contributed by atoms with Gasteiger partial charge in [0.25, 0.3) is 0 Å². The van der Waals surface area contributed by atoms with Crippen molar-refractivity contribution in [3.05, 3.63) is 53.6 Å². The van der Waals surface area contributed by atoms with E-state index in [1.54, 1.807) is 0 Å². The standard InChI is InChI=1S/C41H66O7Si2/c1-14-35(44-30-17-15-16-27(2)22-30)39(43)46-36-25-32(47-49(10,11)40(4,5)6)23-29-19-18-28(3)34(38(29)36)21-20-31-24-33(26-37(42)45-31)48-50(12,13)41(7,8)9/h15-19,22-23,28,31-36,38H,14,20-21,24-26H2,1-13H3/t28?,31-,32?,33-,34?,35+,36?,38?/m1/s1. The Kier molecular flexibility index (Phi) is 12.8. The average Bonchev–Trinajstić information content (AvgIpc) is 2.97. The lowest BCUT2D eigenvalue weighted by Crippen LogP contribution is -2.49. The molecule has 1 aromatic rings. The molecule has 0 N–H and O–H groups in total. The maximum atomic E-state index is 13.9. The van der Waals surface area contributed by atoms with Crippen molar-refractivity contribution < 1.29 is 32.7 Å². The number of carbonyl (C=O) groups excluding carboxylic acids is 2. The van der Waals surface area contributed by atoms with Crippen LogP contribution >= 0.6 is 0 Å². The molecule has 280 valence electrons. The van der Waals surface area contributed by atoms with Crippen molar-refractivity contribution in [3.63, 3.8) is 0 Å². The van der Waals surface area contributed by atoms with Gasteiger partial charge in [-0.15, -0.1) is 0 Å². The molecule has 5 unspecified atom stereocenters. The van der Waals surface area contributed by atoms with E-state index in [1.807, 2.05) is 38.1 Å². The summed E-state index contributed by atoms with van der Waals surface area (Å²) in [6, 6.07) is 7.79. The molecule has 4 rings (SSSR count). The van der Waals surface area contributed by atoms with Crippen LogP contribution in [-0.4, -0.2) is 59.1 Å². The predicted octanol–water partition coefficient (Wildman–Crippen LogP) is 10.1. The Morgan fingerprint density at radius 3 is 2.26 bits per heavy atom. The van der Waals surface area contributed by atoms with Gasteiger partial charge in [0, 0.05) is 18.8 Å². The molecule has 0 radical (unpaired) electrons. The van der Waals surface area contributed by atoms with E-state index >= 15 is 0 Å². The van der Waals surface area contributed by atoms with E-state index in [0.717, 1.165) is 24.8 Å². The molecule has 8 atom stereocenters. The molecule has 1 saturated heterocycles. The van der Waals surface area contributed by atoms with Crippen LogP contribution in [0.1, 0.15) is 99.5 Å². The van der Waals surface area contributed by atoms with E-state index in [0.29, 0.717) is 25.0 Å². The van der Waals surface area contributed by atoms with Crippen LogP contribution in [0, 0.1) is 24.7 Å². The molecule has 0 amide bonds. The Labute approximate surface area is 305 Å². The summed E-state index contributed by atoms with van der Waals surface area (Å²) in [4.78, 5) is 26.7. The third-order valence-electron chi connectivity index (χ3n) is 12.1. The number of aryl methyl sites for hydroxylation is 1. The Hall–Kier alpha value is -2.21. The van der Waals surface area contributed by atoms with Gasteiger partial charge in [0.1, 0.15) is 18.0 Å². The Morgan fingerprint density at radius 2 is 1.64 bits per heavy atom. The zero-order valence-corrected chi connectivity index (χ0v) is 35.3. The molecule has 1 heterocycles. The molecule has 0 spiro atoms. The number of ether oxygens (including phenoxy) is 3. The molecule has 7 nitrogen and oxygen atoms in total. The van der Waals surface area contributed by atoms with Crippen molar-refractivity contribution in [2.45, 2.75) is 168 Å². The third kappa shape index (κ3) is 10.0. The molecular weight excluding hydrogens is 661 g/mol. The molecule has 3 aliphatic rings. The van der Waals surface area contributed by atoms with E-state index < -0.39 is 22.7 Å². The summed E-state index contributed by atoms with van der Waals surface area (Å²) in [5.74, 6) is 0.641. The summed E-state index contributed by atoms with van der Waals surface area (Å²) in [6.45, 7) is 28.7. The van der Waals surface area contributed by atoms with Gasteiger partial charge in [-0.2, -0.15) is 0 Å². The van der Waals surface area contributed by atoms with Crippen LogP contribution in [0.3, 0.4) is 0 Å². The smallest absolute Gasteiger partial charge is 0.347 e. The molecule has 0 saturated carbocycles. The minimum Gasteiger partial charge on any atom is -0.479 e. The summed E-state index contributed by atoms with van der Waals surface area (Å²) in [5, 5.41) is 0.116. The number of hydrogen-bond donors (Lipinski definition) is 0. The molecule has 1 fully saturated rings. The lowest BCUT2D eigenvalue weighted by atomic mass is 9.66. The number of fused-ring (bicyclic) bond motifs is 1. The topological polar surface area (TPSA) is 80.3 Å². The number of benzene rings is 1. The number of esters is 2. The van der Waals surface area contributed by atoms with Crippen molar-refractivity contribution in [3.8, 4) is 5.75 Å². The lowest BCUT2D eigenvalue weighted by Gasteiger charge is -2.46. The molecular formula is C41H66O7Si2. The van der Waals surface area contributed by atoms with Crippen LogP contribution < -0.4 is 4.74 Å². The summed E-state index contributed by atoms with van der Waals surface area (Å²) in [6.07, 6.45) is 8.99. The first-order chi connectivity index (χ1) is 23.1. The van der Waals surface area contributed by atoms with E-state index in [1.165, 1.54) is 5.57 Å². The second-order valence-electron chi connectivity index (χ2n) is 18.2. The maximum absolute atomic E-state index is 13.9. The second-order valence-corrected chi connectivity index (χ2v) is 27.7. The van der Waals surface area contributed by atoms with Crippen LogP contribution in [0.15, 0.2) is 48.1 Å². The molecule has 0 bridgehead atoms. The fourth-order valence-corrected chi connectivity index (χ4v) is 9.71. The number of hydrogen-bond acceptors (Lipinski definition) is 7. The first-order valence-corrected chi connectivity index (χ1v) is 24.8. The van der Waals surface area contributed by atoms with Gasteiger partial charge in [-0.3, -0.25) is 4.79 Å². The van der Waals surface area contributed by atoms with Gasteiger partial charge in [-0.05, 0) is 97.6 Å². The number of cyclic esters (lactones) is 1. The van der Waals surface area contributed by atoms with Gasteiger partial charge in [0.15, 0.2) is 22.7 Å². The van der Waals surface area contributed by atoms with Gasteiger partial charge in [-0.25, -0.2) is 4.79 Å². The van der Waals surface area contributed by atoms with E-state index in [2.05, 4.69) is 92.9 Å².